The summed E-state index contributed by atoms with van der Waals surface area (Å²) in [5, 5.41) is 6.25. The molecule has 1 aromatic carbocycles. The summed E-state index contributed by atoms with van der Waals surface area (Å²) in [7, 11) is 1.65. The molecule has 3 rings (SSSR count). The van der Waals surface area contributed by atoms with Gasteiger partial charge in [-0.3, -0.25) is 4.79 Å². The SMILES string of the molecule is COc1ccc(CNc2cnc(C(=O)NC3CCCCC3)cn2)cc1. The van der Waals surface area contributed by atoms with E-state index >= 15 is 0 Å². The number of aromatic nitrogens is 2. The van der Waals surface area contributed by atoms with Crippen molar-refractivity contribution in [2.75, 3.05) is 12.4 Å². The van der Waals surface area contributed by atoms with E-state index in [0.717, 1.165) is 24.2 Å². The monoisotopic (exact) mass is 340 g/mol. The van der Waals surface area contributed by atoms with Crippen LogP contribution in [-0.4, -0.2) is 29.0 Å². The Bertz CT molecular complexity index is 680. The third-order valence-corrected chi connectivity index (χ3v) is 4.46. The fourth-order valence-electron chi connectivity index (χ4n) is 2.98. The molecule has 1 saturated carbocycles. The van der Waals surface area contributed by atoms with Crippen LogP contribution in [0.25, 0.3) is 0 Å². The van der Waals surface area contributed by atoms with Crippen molar-refractivity contribution in [1.82, 2.24) is 15.3 Å². The molecule has 2 N–H and O–H groups in total. The number of carbonyl (C=O) groups excluding carboxylic acids is 1. The minimum atomic E-state index is -0.138. The maximum Gasteiger partial charge on any atom is 0.271 e. The molecule has 0 spiro atoms. The Hall–Kier alpha value is -2.63. The van der Waals surface area contributed by atoms with Gasteiger partial charge in [0.15, 0.2) is 0 Å². The molecule has 6 nitrogen and oxygen atoms in total. The lowest BCUT2D eigenvalue weighted by atomic mass is 9.95. The summed E-state index contributed by atoms with van der Waals surface area (Å²) in [6.07, 6.45) is 8.87. The van der Waals surface area contributed by atoms with E-state index < -0.39 is 0 Å². The predicted molar refractivity (Wildman–Crippen MR) is 96.7 cm³/mol. The molecule has 1 fully saturated rings. The molecule has 6 heteroatoms. The highest BCUT2D eigenvalue weighted by molar-refractivity contribution is 5.92. The van der Waals surface area contributed by atoms with Gasteiger partial charge in [-0.25, -0.2) is 9.97 Å². The molecule has 1 aromatic heterocycles. The number of amides is 1. The van der Waals surface area contributed by atoms with Crippen molar-refractivity contribution in [3.05, 3.63) is 47.9 Å². The van der Waals surface area contributed by atoms with Crippen molar-refractivity contribution in [3.63, 3.8) is 0 Å². The van der Waals surface area contributed by atoms with Crippen molar-refractivity contribution in [1.29, 1.82) is 0 Å². The van der Waals surface area contributed by atoms with Gasteiger partial charge < -0.3 is 15.4 Å². The summed E-state index contributed by atoms with van der Waals surface area (Å²) < 4.78 is 5.14. The van der Waals surface area contributed by atoms with Crippen LogP contribution in [0.3, 0.4) is 0 Å². The first kappa shape index (κ1) is 17.2. The maximum absolute atomic E-state index is 12.2. The quantitative estimate of drug-likeness (QED) is 0.845. The largest absolute Gasteiger partial charge is 0.497 e. The number of nitrogens with one attached hydrogen (secondary N) is 2. The van der Waals surface area contributed by atoms with Crippen LogP contribution in [0.15, 0.2) is 36.7 Å². The van der Waals surface area contributed by atoms with Crippen LogP contribution in [0, 0.1) is 0 Å². The number of anilines is 1. The highest BCUT2D eigenvalue weighted by atomic mass is 16.5. The molecule has 1 aliphatic rings. The number of nitrogens with zero attached hydrogens (tertiary/aromatic N) is 2. The van der Waals surface area contributed by atoms with Gasteiger partial charge in [0, 0.05) is 12.6 Å². The smallest absolute Gasteiger partial charge is 0.271 e. The number of ether oxygens (including phenoxy) is 1. The molecule has 0 atom stereocenters. The van der Waals surface area contributed by atoms with Gasteiger partial charge in [0.25, 0.3) is 5.91 Å². The molecular weight excluding hydrogens is 316 g/mol. The predicted octanol–water partition coefficient (Wildman–Crippen LogP) is 3.16. The van der Waals surface area contributed by atoms with E-state index in [9.17, 15) is 4.79 Å². The zero-order chi connectivity index (χ0) is 17.5. The molecule has 132 valence electrons. The minimum Gasteiger partial charge on any atom is -0.497 e. The molecule has 1 aliphatic carbocycles. The van der Waals surface area contributed by atoms with Crippen LogP contribution in [0.5, 0.6) is 5.75 Å². The fraction of sp³-hybridized carbons (Fsp3) is 0.421. The Morgan fingerprint density at radius 1 is 1.12 bits per heavy atom. The average Bonchev–Trinajstić information content (AvgIpc) is 2.68. The van der Waals surface area contributed by atoms with E-state index in [1.807, 2.05) is 24.3 Å². The number of carbonyl (C=O) groups is 1. The number of rotatable bonds is 6. The van der Waals surface area contributed by atoms with Gasteiger partial charge in [0.05, 0.1) is 19.5 Å². The van der Waals surface area contributed by atoms with E-state index in [4.69, 9.17) is 4.74 Å². The summed E-state index contributed by atoms with van der Waals surface area (Å²) in [4.78, 5) is 20.7. The van der Waals surface area contributed by atoms with E-state index in [0.29, 0.717) is 18.1 Å². The molecule has 0 saturated heterocycles. The van der Waals surface area contributed by atoms with E-state index in [1.54, 1.807) is 13.3 Å². The molecule has 1 heterocycles. The highest BCUT2D eigenvalue weighted by Gasteiger charge is 2.17. The van der Waals surface area contributed by atoms with Crippen LogP contribution in [-0.2, 0) is 6.54 Å². The first-order valence-corrected chi connectivity index (χ1v) is 8.74. The molecule has 25 heavy (non-hydrogen) atoms. The lowest BCUT2D eigenvalue weighted by molar-refractivity contribution is 0.0922. The van der Waals surface area contributed by atoms with Crippen molar-refractivity contribution in [2.45, 2.75) is 44.7 Å². The Labute approximate surface area is 148 Å². The van der Waals surface area contributed by atoms with E-state index in [2.05, 4.69) is 20.6 Å². The zero-order valence-electron chi connectivity index (χ0n) is 14.5. The first-order valence-electron chi connectivity index (χ1n) is 8.74. The molecule has 0 bridgehead atoms. The molecule has 0 radical (unpaired) electrons. The highest BCUT2D eigenvalue weighted by Crippen LogP contribution is 2.17. The van der Waals surface area contributed by atoms with Crippen LogP contribution >= 0.6 is 0 Å². The topological polar surface area (TPSA) is 76.1 Å². The second kappa shape index (κ2) is 8.46. The third-order valence-electron chi connectivity index (χ3n) is 4.46. The normalized spacial score (nSPS) is 14.8. The van der Waals surface area contributed by atoms with Crippen LogP contribution in [0.2, 0.25) is 0 Å². The summed E-state index contributed by atoms with van der Waals surface area (Å²) >= 11 is 0. The Kier molecular flexibility index (Phi) is 5.82. The number of benzene rings is 1. The van der Waals surface area contributed by atoms with E-state index in [1.165, 1.54) is 25.5 Å². The summed E-state index contributed by atoms with van der Waals surface area (Å²) in [5.74, 6) is 1.34. The van der Waals surface area contributed by atoms with Crippen molar-refractivity contribution >= 4 is 11.7 Å². The Morgan fingerprint density at radius 2 is 1.88 bits per heavy atom. The van der Waals surface area contributed by atoms with Gasteiger partial charge in [0.2, 0.25) is 0 Å². The molecule has 2 aromatic rings. The van der Waals surface area contributed by atoms with Crippen molar-refractivity contribution in [3.8, 4) is 5.75 Å². The van der Waals surface area contributed by atoms with Gasteiger partial charge in [-0.15, -0.1) is 0 Å². The third kappa shape index (κ3) is 4.92. The van der Waals surface area contributed by atoms with Crippen LogP contribution in [0.1, 0.15) is 48.2 Å². The fourth-order valence-corrected chi connectivity index (χ4v) is 2.98. The zero-order valence-corrected chi connectivity index (χ0v) is 14.5. The lowest BCUT2D eigenvalue weighted by Crippen LogP contribution is -2.36. The molecule has 1 amide bonds. The van der Waals surface area contributed by atoms with Crippen LogP contribution in [0.4, 0.5) is 5.82 Å². The van der Waals surface area contributed by atoms with Crippen LogP contribution < -0.4 is 15.4 Å². The van der Waals surface area contributed by atoms with Gasteiger partial charge in [-0.2, -0.15) is 0 Å². The standard InChI is InChI=1S/C19H24N4O2/c1-25-16-9-7-14(8-10-16)11-21-18-13-20-17(12-22-18)19(24)23-15-5-3-2-4-6-15/h7-10,12-13,15H,2-6,11H2,1H3,(H,21,22)(H,23,24). The summed E-state index contributed by atoms with van der Waals surface area (Å²) in [6.45, 7) is 0.631. The number of hydrogen-bond acceptors (Lipinski definition) is 5. The molecule has 0 unspecified atom stereocenters. The van der Waals surface area contributed by atoms with Gasteiger partial charge in [0.1, 0.15) is 17.3 Å². The van der Waals surface area contributed by atoms with Crippen molar-refractivity contribution in [2.24, 2.45) is 0 Å². The molecular formula is C19H24N4O2. The summed E-state index contributed by atoms with van der Waals surface area (Å²) in [5.41, 5.74) is 1.47. The Balaban J connectivity index is 1.51. The van der Waals surface area contributed by atoms with Crippen molar-refractivity contribution < 1.29 is 9.53 Å². The lowest BCUT2D eigenvalue weighted by Gasteiger charge is -2.22. The minimum absolute atomic E-state index is 0.138. The first-order chi connectivity index (χ1) is 12.2. The maximum atomic E-state index is 12.2. The van der Waals surface area contributed by atoms with Gasteiger partial charge in [-0.1, -0.05) is 31.4 Å². The van der Waals surface area contributed by atoms with Gasteiger partial charge in [-0.05, 0) is 30.5 Å². The van der Waals surface area contributed by atoms with Gasteiger partial charge >= 0.3 is 0 Å². The molecule has 0 aliphatic heterocycles. The summed E-state index contributed by atoms with van der Waals surface area (Å²) in [6, 6.07) is 8.09. The Morgan fingerprint density at radius 3 is 2.52 bits per heavy atom. The number of methoxy groups -OCH3 is 1. The second-order valence-corrected chi connectivity index (χ2v) is 6.30. The van der Waals surface area contributed by atoms with E-state index in [-0.39, 0.29) is 11.9 Å². The average molecular weight is 340 g/mol. The number of hydrogen-bond donors (Lipinski definition) is 2. The second-order valence-electron chi connectivity index (χ2n) is 6.30.